The van der Waals surface area contributed by atoms with E-state index in [4.69, 9.17) is 10.5 Å². The third-order valence-corrected chi connectivity index (χ3v) is 4.08. The second-order valence-electron chi connectivity index (χ2n) is 4.59. The topological polar surface area (TPSA) is 94.3 Å². The number of nitrogens with one attached hydrogen (secondary N) is 1. The number of carbonyl (C=O) groups is 2. The van der Waals surface area contributed by atoms with E-state index in [1.54, 1.807) is 12.1 Å². The summed E-state index contributed by atoms with van der Waals surface area (Å²) in [5.41, 5.74) is 5.45. The van der Waals surface area contributed by atoms with Gasteiger partial charge in [-0.05, 0) is 25.2 Å². The summed E-state index contributed by atoms with van der Waals surface area (Å²) in [4.78, 5) is 26.8. The van der Waals surface area contributed by atoms with Crippen molar-refractivity contribution in [3.05, 3.63) is 23.9 Å². The summed E-state index contributed by atoms with van der Waals surface area (Å²) in [5.74, 6) is 1.63. The highest BCUT2D eigenvalue weighted by molar-refractivity contribution is 7.99. The molecule has 0 aliphatic carbocycles. The number of hydrogen-bond donors (Lipinski definition) is 2. The van der Waals surface area contributed by atoms with Crippen molar-refractivity contribution in [1.29, 1.82) is 0 Å². The molecule has 0 bridgehead atoms. The zero-order valence-corrected chi connectivity index (χ0v) is 12.0. The van der Waals surface area contributed by atoms with Crippen LogP contribution in [0.15, 0.2) is 18.3 Å². The van der Waals surface area contributed by atoms with Crippen molar-refractivity contribution >= 4 is 23.6 Å². The molecule has 1 aliphatic heterocycles. The largest absolute Gasteiger partial charge is 0.473 e. The van der Waals surface area contributed by atoms with Gasteiger partial charge in [0.25, 0.3) is 5.91 Å². The zero-order valence-electron chi connectivity index (χ0n) is 11.2. The zero-order chi connectivity index (χ0) is 14.5. The lowest BCUT2D eigenvalue weighted by atomic mass is 10.2. The average molecular weight is 295 g/mol. The standard InChI is InChI=1S/C13H17N3O3S/c1-8(12(14)17)16-13(18)9-2-3-11(15-6-9)19-10-4-5-20-7-10/h2-3,6,8,10H,4-5,7H2,1H3,(H2,14,17)(H,16,18). The van der Waals surface area contributed by atoms with Gasteiger partial charge < -0.3 is 15.8 Å². The van der Waals surface area contributed by atoms with Crippen LogP contribution >= 0.6 is 11.8 Å². The molecular formula is C13H17N3O3S. The molecule has 1 aliphatic rings. The normalized spacial score (nSPS) is 19.4. The van der Waals surface area contributed by atoms with E-state index in [1.807, 2.05) is 11.8 Å². The first-order chi connectivity index (χ1) is 9.56. The fourth-order valence-corrected chi connectivity index (χ4v) is 2.81. The lowest BCUT2D eigenvalue weighted by Gasteiger charge is -2.12. The monoisotopic (exact) mass is 295 g/mol. The van der Waals surface area contributed by atoms with Gasteiger partial charge in [-0.25, -0.2) is 4.98 Å². The second-order valence-corrected chi connectivity index (χ2v) is 5.74. The van der Waals surface area contributed by atoms with Gasteiger partial charge in [0, 0.05) is 18.0 Å². The van der Waals surface area contributed by atoms with Crippen LogP contribution in [-0.4, -0.2) is 40.4 Å². The van der Waals surface area contributed by atoms with Gasteiger partial charge in [0.2, 0.25) is 11.8 Å². The first-order valence-corrected chi connectivity index (χ1v) is 7.52. The number of pyridine rings is 1. The molecular weight excluding hydrogens is 278 g/mol. The van der Waals surface area contributed by atoms with E-state index in [-0.39, 0.29) is 12.0 Å². The predicted molar refractivity (Wildman–Crippen MR) is 76.7 cm³/mol. The third-order valence-electron chi connectivity index (χ3n) is 2.95. The number of amides is 2. The number of ether oxygens (including phenoxy) is 1. The SMILES string of the molecule is CC(NC(=O)c1ccc(OC2CCSC2)nc1)C(N)=O. The van der Waals surface area contributed by atoms with Crippen LogP contribution in [0.3, 0.4) is 0 Å². The second kappa shape index (κ2) is 6.60. The van der Waals surface area contributed by atoms with Crippen LogP contribution < -0.4 is 15.8 Å². The minimum Gasteiger partial charge on any atom is -0.473 e. The highest BCUT2D eigenvalue weighted by Gasteiger charge is 2.18. The van der Waals surface area contributed by atoms with E-state index in [0.29, 0.717) is 11.4 Å². The van der Waals surface area contributed by atoms with E-state index in [1.165, 1.54) is 13.1 Å². The van der Waals surface area contributed by atoms with Gasteiger partial charge in [0.05, 0.1) is 5.56 Å². The molecule has 0 aromatic carbocycles. The summed E-state index contributed by atoms with van der Waals surface area (Å²) in [6.45, 7) is 1.53. The lowest BCUT2D eigenvalue weighted by Crippen LogP contribution is -2.42. The van der Waals surface area contributed by atoms with Crippen molar-refractivity contribution in [2.75, 3.05) is 11.5 Å². The Hall–Kier alpha value is -1.76. The maximum absolute atomic E-state index is 11.8. The Morgan fingerprint density at radius 3 is 2.90 bits per heavy atom. The lowest BCUT2D eigenvalue weighted by molar-refractivity contribution is -0.119. The highest BCUT2D eigenvalue weighted by Crippen LogP contribution is 2.21. The van der Waals surface area contributed by atoms with Gasteiger partial charge in [-0.1, -0.05) is 0 Å². The molecule has 108 valence electrons. The first-order valence-electron chi connectivity index (χ1n) is 6.37. The van der Waals surface area contributed by atoms with Gasteiger partial charge in [-0.2, -0.15) is 11.8 Å². The van der Waals surface area contributed by atoms with E-state index >= 15 is 0 Å². The van der Waals surface area contributed by atoms with Crippen LogP contribution in [0.5, 0.6) is 5.88 Å². The molecule has 1 aromatic rings. The molecule has 2 unspecified atom stereocenters. The molecule has 20 heavy (non-hydrogen) atoms. The van der Waals surface area contributed by atoms with Gasteiger partial charge in [0.1, 0.15) is 12.1 Å². The van der Waals surface area contributed by atoms with Gasteiger partial charge in [-0.3, -0.25) is 9.59 Å². The Morgan fingerprint density at radius 2 is 2.35 bits per heavy atom. The molecule has 1 saturated heterocycles. The summed E-state index contributed by atoms with van der Waals surface area (Å²) >= 11 is 1.86. The number of nitrogens with two attached hydrogens (primary N) is 1. The summed E-state index contributed by atoms with van der Waals surface area (Å²) < 4.78 is 5.69. The van der Waals surface area contributed by atoms with Gasteiger partial charge in [0.15, 0.2) is 0 Å². The molecule has 0 spiro atoms. The number of nitrogens with zero attached hydrogens (tertiary/aromatic N) is 1. The van der Waals surface area contributed by atoms with E-state index in [2.05, 4.69) is 10.3 Å². The Labute approximate surface area is 121 Å². The summed E-state index contributed by atoms with van der Waals surface area (Å²) in [7, 11) is 0. The van der Waals surface area contributed by atoms with E-state index in [9.17, 15) is 9.59 Å². The predicted octanol–water partition coefficient (Wildman–Crippen LogP) is 0.570. The molecule has 1 aromatic heterocycles. The molecule has 0 saturated carbocycles. The maximum Gasteiger partial charge on any atom is 0.253 e. The molecule has 2 heterocycles. The van der Waals surface area contributed by atoms with Crippen molar-refractivity contribution in [3.8, 4) is 5.88 Å². The van der Waals surface area contributed by atoms with Crippen LogP contribution in [0.4, 0.5) is 0 Å². The minimum atomic E-state index is -0.714. The molecule has 0 radical (unpaired) electrons. The first kappa shape index (κ1) is 14.6. The number of aromatic nitrogens is 1. The Bertz CT molecular complexity index is 486. The van der Waals surface area contributed by atoms with Crippen molar-refractivity contribution in [3.63, 3.8) is 0 Å². The molecule has 1 fully saturated rings. The molecule has 6 nitrogen and oxygen atoms in total. The van der Waals surface area contributed by atoms with Crippen LogP contribution in [0, 0.1) is 0 Å². The maximum atomic E-state index is 11.8. The summed E-state index contributed by atoms with van der Waals surface area (Å²) in [6.07, 6.45) is 2.65. The van der Waals surface area contributed by atoms with Crippen molar-refractivity contribution in [2.24, 2.45) is 5.73 Å². The average Bonchev–Trinajstić information content (AvgIpc) is 2.92. The molecule has 2 atom stereocenters. The van der Waals surface area contributed by atoms with Crippen molar-refractivity contribution in [1.82, 2.24) is 10.3 Å². The van der Waals surface area contributed by atoms with Crippen LogP contribution in [-0.2, 0) is 4.79 Å². The van der Waals surface area contributed by atoms with Crippen LogP contribution in [0.2, 0.25) is 0 Å². The number of hydrogen-bond acceptors (Lipinski definition) is 5. The quantitative estimate of drug-likeness (QED) is 0.828. The molecule has 2 rings (SSSR count). The summed E-state index contributed by atoms with van der Waals surface area (Å²) in [6, 6.07) is 2.56. The third kappa shape index (κ3) is 3.86. The van der Waals surface area contributed by atoms with E-state index in [0.717, 1.165) is 17.9 Å². The molecule has 3 N–H and O–H groups in total. The number of rotatable bonds is 5. The van der Waals surface area contributed by atoms with Crippen molar-refractivity contribution < 1.29 is 14.3 Å². The van der Waals surface area contributed by atoms with Crippen LogP contribution in [0.1, 0.15) is 23.7 Å². The van der Waals surface area contributed by atoms with Gasteiger partial charge in [-0.15, -0.1) is 0 Å². The molecule has 7 heteroatoms. The smallest absolute Gasteiger partial charge is 0.253 e. The fourth-order valence-electron chi connectivity index (χ4n) is 1.71. The highest BCUT2D eigenvalue weighted by atomic mass is 32.2. The van der Waals surface area contributed by atoms with Crippen molar-refractivity contribution in [2.45, 2.75) is 25.5 Å². The summed E-state index contributed by atoms with van der Waals surface area (Å²) in [5, 5.41) is 2.49. The van der Waals surface area contributed by atoms with Crippen LogP contribution in [0.25, 0.3) is 0 Å². The number of carbonyl (C=O) groups excluding carboxylic acids is 2. The minimum absolute atomic E-state index is 0.196. The van der Waals surface area contributed by atoms with Gasteiger partial charge >= 0.3 is 0 Å². The number of thioether (sulfide) groups is 1. The van der Waals surface area contributed by atoms with E-state index < -0.39 is 11.9 Å². The number of primary amides is 1. The Kier molecular flexibility index (Phi) is 4.84. The Balaban J connectivity index is 1.93. The Morgan fingerprint density at radius 1 is 1.55 bits per heavy atom. The fraction of sp³-hybridized carbons (Fsp3) is 0.462. The molecule has 2 amide bonds.